The number of rotatable bonds is 2. The fourth-order valence-electron chi connectivity index (χ4n) is 2.41. The Labute approximate surface area is 90.0 Å². The first-order valence-electron chi connectivity index (χ1n) is 5.76. The molecule has 2 aliphatic heterocycles. The van der Waals surface area contributed by atoms with E-state index < -0.39 is 0 Å². The van der Waals surface area contributed by atoms with Gasteiger partial charge in [-0.05, 0) is 18.8 Å². The molecule has 4 heteroatoms. The van der Waals surface area contributed by atoms with E-state index in [2.05, 4.69) is 5.32 Å². The second kappa shape index (κ2) is 3.83. The summed E-state index contributed by atoms with van der Waals surface area (Å²) < 4.78 is 0. The van der Waals surface area contributed by atoms with Crippen LogP contribution in [0.3, 0.4) is 0 Å². The zero-order chi connectivity index (χ0) is 11.0. The molecule has 2 rings (SSSR count). The first kappa shape index (κ1) is 10.5. The van der Waals surface area contributed by atoms with E-state index in [1.54, 1.807) is 4.90 Å². The second-order valence-corrected chi connectivity index (χ2v) is 4.56. The largest absolute Gasteiger partial charge is 0.342 e. The van der Waals surface area contributed by atoms with E-state index in [1.165, 1.54) is 0 Å². The molecule has 2 fully saturated rings. The molecule has 0 saturated carbocycles. The van der Waals surface area contributed by atoms with Gasteiger partial charge in [0.15, 0.2) is 0 Å². The number of piperazine rings is 1. The van der Waals surface area contributed by atoms with Crippen LogP contribution in [0.4, 0.5) is 0 Å². The third kappa shape index (κ3) is 1.62. The monoisotopic (exact) mass is 210 g/mol. The lowest BCUT2D eigenvalue weighted by atomic mass is 9.95. The van der Waals surface area contributed by atoms with E-state index in [4.69, 9.17) is 0 Å². The smallest absolute Gasteiger partial charge is 0.246 e. The molecule has 2 saturated heterocycles. The van der Waals surface area contributed by atoms with Gasteiger partial charge in [-0.25, -0.2) is 0 Å². The number of carbonyl (C=O) groups is 2. The van der Waals surface area contributed by atoms with Gasteiger partial charge in [0.25, 0.3) is 0 Å². The normalized spacial score (nSPS) is 32.5. The fraction of sp³-hybridized carbons (Fsp3) is 0.818. The van der Waals surface area contributed by atoms with Gasteiger partial charge in [0.1, 0.15) is 12.1 Å². The highest BCUT2D eigenvalue weighted by Gasteiger charge is 2.44. The van der Waals surface area contributed by atoms with Crippen molar-refractivity contribution in [3.8, 4) is 0 Å². The van der Waals surface area contributed by atoms with E-state index in [-0.39, 0.29) is 29.8 Å². The van der Waals surface area contributed by atoms with Crippen molar-refractivity contribution in [2.75, 3.05) is 6.54 Å². The third-order valence-electron chi connectivity index (χ3n) is 3.62. The number of amides is 2. The highest BCUT2D eigenvalue weighted by molar-refractivity contribution is 5.97. The SMILES string of the molecule is CC[C@H](C)[C@H]1NC(=O)[C@H]2CCCN2C1=O. The first-order chi connectivity index (χ1) is 7.15. The molecule has 0 spiro atoms. The van der Waals surface area contributed by atoms with Crippen LogP contribution in [0.2, 0.25) is 0 Å². The van der Waals surface area contributed by atoms with Gasteiger partial charge < -0.3 is 10.2 Å². The average molecular weight is 210 g/mol. The molecule has 4 nitrogen and oxygen atoms in total. The van der Waals surface area contributed by atoms with Crippen molar-refractivity contribution in [2.45, 2.75) is 45.2 Å². The molecule has 0 aromatic heterocycles. The van der Waals surface area contributed by atoms with Gasteiger partial charge in [0.05, 0.1) is 0 Å². The van der Waals surface area contributed by atoms with Crippen molar-refractivity contribution >= 4 is 11.8 Å². The number of hydrogen-bond acceptors (Lipinski definition) is 2. The molecular formula is C11H18N2O2. The van der Waals surface area contributed by atoms with Crippen molar-refractivity contribution in [3.63, 3.8) is 0 Å². The van der Waals surface area contributed by atoms with E-state index in [0.29, 0.717) is 0 Å². The van der Waals surface area contributed by atoms with E-state index in [0.717, 1.165) is 25.8 Å². The Morgan fingerprint density at radius 3 is 2.93 bits per heavy atom. The van der Waals surface area contributed by atoms with E-state index in [1.807, 2.05) is 13.8 Å². The molecule has 3 atom stereocenters. The number of hydrogen-bond donors (Lipinski definition) is 1. The molecule has 0 radical (unpaired) electrons. The van der Waals surface area contributed by atoms with Crippen molar-refractivity contribution in [1.29, 1.82) is 0 Å². The van der Waals surface area contributed by atoms with Crippen LogP contribution in [-0.4, -0.2) is 35.3 Å². The predicted molar refractivity (Wildman–Crippen MR) is 56.1 cm³/mol. The Hall–Kier alpha value is -1.06. The maximum Gasteiger partial charge on any atom is 0.246 e. The molecule has 2 amide bonds. The van der Waals surface area contributed by atoms with Crippen molar-refractivity contribution in [3.05, 3.63) is 0 Å². The highest BCUT2D eigenvalue weighted by Crippen LogP contribution is 2.24. The summed E-state index contributed by atoms with van der Waals surface area (Å²) in [4.78, 5) is 25.6. The van der Waals surface area contributed by atoms with Crippen LogP contribution < -0.4 is 5.32 Å². The lowest BCUT2D eigenvalue weighted by Gasteiger charge is -2.36. The summed E-state index contributed by atoms with van der Waals surface area (Å²) in [7, 11) is 0. The van der Waals surface area contributed by atoms with Gasteiger partial charge in [-0.2, -0.15) is 0 Å². The lowest BCUT2D eigenvalue weighted by Crippen LogP contribution is -2.62. The van der Waals surface area contributed by atoms with E-state index in [9.17, 15) is 9.59 Å². The topological polar surface area (TPSA) is 49.4 Å². The highest BCUT2D eigenvalue weighted by atomic mass is 16.2. The predicted octanol–water partition coefficient (Wildman–Crippen LogP) is 0.522. The minimum absolute atomic E-state index is 0.0393. The maximum absolute atomic E-state index is 12.1. The van der Waals surface area contributed by atoms with Gasteiger partial charge in [-0.1, -0.05) is 20.3 Å². The summed E-state index contributed by atoms with van der Waals surface area (Å²) in [6, 6.07) is -0.477. The summed E-state index contributed by atoms with van der Waals surface area (Å²) in [6.07, 6.45) is 2.69. The first-order valence-corrected chi connectivity index (χ1v) is 5.76. The molecule has 0 aromatic rings. The molecule has 84 valence electrons. The molecule has 15 heavy (non-hydrogen) atoms. The van der Waals surface area contributed by atoms with Gasteiger partial charge in [-0.3, -0.25) is 9.59 Å². The average Bonchev–Trinajstić information content (AvgIpc) is 2.71. The van der Waals surface area contributed by atoms with Crippen LogP contribution >= 0.6 is 0 Å². The zero-order valence-corrected chi connectivity index (χ0v) is 9.32. The standard InChI is InChI=1S/C11H18N2O2/c1-3-7(2)9-11(15)13-6-4-5-8(13)10(14)12-9/h7-9H,3-6H2,1-2H3,(H,12,14)/t7-,8+,9+/m0/s1. The van der Waals surface area contributed by atoms with Crippen LogP contribution in [0, 0.1) is 5.92 Å². The van der Waals surface area contributed by atoms with Crippen LogP contribution in [0.15, 0.2) is 0 Å². The number of fused-ring (bicyclic) bond motifs is 1. The second-order valence-electron chi connectivity index (χ2n) is 4.56. The van der Waals surface area contributed by atoms with Gasteiger partial charge in [-0.15, -0.1) is 0 Å². The summed E-state index contributed by atoms with van der Waals surface area (Å²) >= 11 is 0. The van der Waals surface area contributed by atoms with Crippen molar-refractivity contribution in [1.82, 2.24) is 10.2 Å². The summed E-state index contributed by atoms with van der Waals surface area (Å²) in [5, 5.41) is 2.86. The summed E-state index contributed by atoms with van der Waals surface area (Å²) in [5.74, 6) is 0.381. The van der Waals surface area contributed by atoms with E-state index >= 15 is 0 Å². The minimum Gasteiger partial charge on any atom is -0.342 e. The van der Waals surface area contributed by atoms with Crippen LogP contribution in [-0.2, 0) is 9.59 Å². The van der Waals surface area contributed by atoms with Gasteiger partial charge in [0.2, 0.25) is 11.8 Å². The molecule has 2 heterocycles. The fourth-order valence-corrected chi connectivity index (χ4v) is 2.41. The number of nitrogens with one attached hydrogen (secondary N) is 1. The Morgan fingerprint density at radius 1 is 1.53 bits per heavy atom. The number of nitrogens with zero attached hydrogens (tertiary/aromatic N) is 1. The zero-order valence-electron chi connectivity index (χ0n) is 9.32. The van der Waals surface area contributed by atoms with Crippen molar-refractivity contribution in [2.24, 2.45) is 5.92 Å². The third-order valence-corrected chi connectivity index (χ3v) is 3.62. The molecule has 1 N–H and O–H groups in total. The summed E-state index contributed by atoms with van der Waals surface area (Å²) in [6.45, 7) is 4.81. The molecule has 0 bridgehead atoms. The Kier molecular flexibility index (Phi) is 2.67. The van der Waals surface area contributed by atoms with Gasteiger partial charge >= 0.3 is 0 Å². The Bertz CT molecular complexity index is 290. The minimum atomic E-state index is -0.295. The molecule has 0 aliphatic carbocycles. The Morgan fingerprint density at radius 2 is 2.27 bits per heavy atom. The van der Waals surface area contributed by atoms with Crippen LogP contribution in [0.25, 0.3) is 0 Å². The maximum atomic E-state index is 12.1. The van der Waals surface area contributed by atoms with Crippen LogP contribution in [0.5, 0.6) is 0 Å². The quantitative estimate of drug-likeness (QED) is 0.722. The van der Waals surface area contributed by atoms with Crippen molar-refractivity contribution < 1.29 is 9.59 Å². The lowest BCUT2D eigenvalue weighted by molar-refractivity contribution is -0.148. The summed E-state index contributed by atoms with van der Waals surface area (Å²) in [5.41, 5.74) is 0. The number of carbonyl (C=O) groups excluding carboxylic acids is 2. The molecule has 2 aliphatic rings. The molecule has 0 unspecified atom stereocenters. The van der Waals surface area contributed by atoms with Crippen LogP contribution in [0.1, 0.15) is 33.1 Å². The molecular weight excluding hydrogens is 192 g/mol. The molecule has 0 aromatic carbocycles. The van der Waals surface area contributed by atoms with Gasteiger partial charge in [0, 0.05) is 6.54 Å². The Balaban J connectivity index is 2.17.